The Morgan fingerprint density at radius 3 is 2.89 bits per heavy atom. The minimum atomic E-state index is -0.294. The number of hydrogen-bond donors (Lipinski definition) is 1. The van der Waals surface area contributed by atoms with Gasteiger partial charge in [0.25, 0.3) is 0 Å². The highest BCUT2D eigenvalue weighted by atomic mass is 19.1. The highest BCUT2D eigenvalue weighted by molar-refractivity contribution is 6.10. The molecule has 2 N–H and O–H groups in total. The number of nitrogens with zero attached hydrogens (tertiary/aromatic N) is 5. The van der Waals surface area contributed by atoms with E-state index in [1.165, 1.54) is 18.5 Å². The van der Waals surface area contributed by atoms with E-state index in [1.54, 1.807) is 19.3 Å². The fourth-order valence-corrected chi connectivity index (χ4v) is 3.55. The second-order valence-electron chi connectivity index (χ2n) is 6.84. The lowest BCUT2D eigenvalue weighted by atomic mass is 9.99. The minimum absolute atomic E-state index is 0.294. The number of pyridine rings is 1. The maximum absolute atomic E-state index is 13.8. The Bertz CT molecular complexity index is 1100. The van der Waals surface area contributed by atoms with Gasteiger partial charge >= 0.3 is 0 Å². The number of benzene rings is 1. The van der Waals surface area contributed by atoms with Crippen molar-refractivity contribution in [2.24, 2.45) is 10.7 Å². The summed E-state index contributed by atoms with van der Waals surface area (Å²) in [6, 6.07) is 6.69. The van der Waals surface area contributed by atoms with Gasteiger partial charge in [0.15, 0.2) is 0 Å². The molecule has 3 heterocycles. The van der Waals surface area contributed by atoms with Crippen molar-refractivity contribution in [1.82, 2.24) is 15.0 Å². The maximum Gasteiger partial charge on any atom is 0.140 e. The first-order valence-electron chi connectivity index (χ1n) is 9.08. The number of anilines is 1. The summed E-state index contributed by atoms with van der Waals surface area (Å²) in [5, 5.41) is 0.714. The summed E-state index contributed by atoms with van der Waals surface area (Å²) in [4.78, 5) is 19.6. The molecule has 0 atom stereocenters. The van der Waals surface area contributed by atoms with Crippen molar-refractivity contribution in [1.29, 1.82) is 0 Å². The van der Waals surface area contributed by atoms with Gasteiger partial charge in [0.1, 0.15) is 18.0 Å². The number of fused-ring (bicyclic) bond motifs is 2. The summed E-state index contributed by atoms with van der Waals surface area (Å²) in [6.07, 6.45) is 5.91. The van der Waals surface area contributed by atoms with Gasteiger partial charge in [-0.25, -0.2) is 14.4 Å². The molecule has 4 rings (SSSR count). The number of allylic oxidation sites excluding steroid dienone is 2. The molecule has 0 aliphatic carbocycles. The predicted molar refractivity (Wildman–Crippen MR) is 110 cm³/mol. The number of rotatable bonds is 3. The Morgan fingerprint density at radius 1 is 1.25 bits per heavy atom. The summed E-state index contributed by atoms with van der Waals surface area (Å²) in [5.74, 6) is 0.443. The summed E-state index contributed by atoms with van der Waals surface area (Å²) in [5.41, 5.74) is 11.4. The number of hydrogen-bond acceptors (Lipinski definition) is 6. The van der Waals surface area contributed by atoms with Crippen molar-refractivity contribution in [3.05, 3.63) is 65.1 Å². The van der Waals surface area contributed by atoms with Crippen LogP contribution in [0.4, 0.5) is 10.2 Å². The van der Waals surface area contributed by atoms with E-state index in [1.807, 2.05) is 13.1 Å². The lowest BCUT2D eigenvalue weighted by Crippen LogP contribution is -2.32. The van der Waals surface area contributed by atoms with Crippen LogP contribution in [0, 0.1) is 5.82 Å². The fraction of sp³-hybridized carbons (Fsp3) is 0.238. The van der Waals surface area contributed by atoms with Crippen LogP contribution >= 0.6 is 0 Å². The molecular weight excluding hydrogens is 355 g/mol. The molecule has 142 valence electrons. The zero-order valence-corrected chi connectivity index (χ0v) is 15.9. The van der Waals surface area contributed by atoms with Crippen LogP contribution in [0.25, 0.3) is 16.5 Å². The average Bonchev–Trinajstić information content (AvgIpc) is 2.70. The smallest absolute Gasteiger partial charge is 0.140 e. The zero-order chi connectivity index (χ0) is 19.7. The van der Waals surface area contributed by atoms with Gasteiger partial charge in [-0.15, -0.1) is 0 Å². The van der Waals surface area contributed by atoms with Crippen LogP contribution in [0.1, 0.15) is 23.7 Å². The van der Waals surface area contributed by atoms with E-state index in [0.29, 0.717) is 17.6 Å². The Hall–Kier alpha value is -3.35. The summed E-state index contributed by atoms with van der Waals surface area (Å²) < 4.78 is 13.8. The minimum Gasteiger partial charge on any atom is -0.402 e. The van der Waals surface area contributed by atoms with Crippen LogP contribution in [0.5, 0.6) is 0 Å². The number of aliphatic imine (C=N–C) groups is 1. The normalized spacial score (nSPS) is 15.0. The van der Waals surface area contributed by atoms with E-state index in [0.717, 1.165) is 46.7 Å². The highest BCUT2D eigenvalue weighted by Crippen LogP contribution is 2.29. The number of nitrogens with two attached hydrogens (primary N) is 1. The lowest BCUT2D eigenvalue weighted by molar-refractivity contribution is 0.629. The monoisotopic (exact) mass is 376 g/mol. The molecule has 1 aromatic carbocycles. The molecule has 0 saturated heterocycles. The molecule has 0 amide bonds. The summed E-state index contributed by atoms with van der Waals surface area (Å²) in [6.45, 7) is 3.25. The van der Waals surface area contributed by atoms with Gasteiger partial charge in [0.05, 0.1) is 5.52 Å². The fourth-order valence-electron chi connectivity index (χ4n) is 3.55. The molecule has 0 bridgehead atoms. The van der Waals surface area contributed by atoms with Crippen molar-refractivity contribution in [3.63, 3.8) is 0 Å². The van der Waals surface area contributed by atoms with E-state index in [4.69, 9.17) is 5.73 Å². The summed E-state index contributed by atoms with van der Waals surface area (Å²) in [7, 11) is 1.72. The van der Waals surface area contributed by atoms with Crippen LogP contribution < -0.4 is 10.6 Å². The molecule has 0 unspecified atom stereocenters. The van der Waals surface area contributed by atoms with Gasteiger partial charge in [0, 0.05) is 66.9 Å². The van der Waals surface area contributed by atoms with E-state index in [2.05, 4.69) is 30.9 Å². The Balaban J connectivity index is 1.73. The molecule has 0 radical (unpaired) electrons. The van der Waals surface area contributed by atoms with Crippen molar-refractivity contribution in [2.75, 3.05) is 18.5 Å². The quantitative estimate of drug-likeness (QED) is 0.711. The molecule has 7 heteroatoms. The van der Waals surface area contributed by atoms with Gasteiger partial charge in [-0.2, -0.15) is 0 Å². The first-order valence-corrected chi connectivity index (χ1v) is 9.08. The highest BCUT2D eigenvalue weighted by Gasteiger charge is 2.21. The average molecular weight is 376 g/mol. The first kappa shape index (κ1) is 18.0. The largest absolute Gasteiger partial charge is 0.402 e. The molecule has 28 heavy (non-hydrogen) atoms. The van der Waals surface area contributed by atoms with Crippen LogP contribution in [0.15, 0.2) is 47.5 Å². The van der Waals surface area contributed by atoms with E-state index in [-0.39, 0.29) is 5.82 Å². The molecule has 3 aromatic rings. The number of aromatic nitrogens is 3. The molecule has 1 aliphatic rings. The predicted octanol–water partition coefficient (Wildman–Crippen LogP) is 3.12. The molecule has 0 saturated carbocycles. The third kappa shape index (κ3) is 3.31. The third-order valence-electron chi connectivity index (χ3n) is 4.91. The molecular formula is C21H21FN6. The maximum atomic E-state index is 13.8. The van der Waals surface area contributed by atoms with Crippen molar-refractivity contribution in [2.45, 2.75) is 19.9 Å². The molecule has 6 nitrogen and oxygen atoms in total. The number of halogens is 1. The van der Waals surface area contributed by atoms with E-state index < -0.39 is 0 Å². The molecule has 0 spiro atoms. The Labute approximate surface area is 162 Å². The van der Waals surface area contributed by atoms with Gasteiger partial charge in [0.2, 0.25) is 0 Å². The first-order chi connectivity index (χ1) is 13.6. The van der Waals surface area contributed by atoms with Crippen LogP contribution in [0.3, 0.4) is 0 Å². The third-order valence-corrected chi connectivity index (χ3v) is 4.91. The standard InChI is InChI=1S/C21H21FN6/c1-13(23)18(10-24-2)14-7-15-11-28(6-5-19(15)25-9-14)21-17-8-16(22)3-4-20(17)26-12-27-21/h3-4,7-10,12H,5-6,11,23H2,1-2H3/b18-13+,24-10?. The Kier molecular flexibility index (Phi) is 4.73. The van der Waals surface area contributed by atoms with Gasteiger partial charge < -0.3 is 10.6 Å². The second-order valence-corrected chi connectivity index (χ2v) is 6.84. The van der Waals surface area contributed by atoms with Crippen LogP contribution in [-0.2, 0) is 13.0 Å². The molecule has 0 fully saturated rings. The van der Waals surface area contributed by atoms with Crippen molar-refractivity contribution < 1.29 is 4.39 Å². The van der Waals surface area contributed by atoms with Gasteiger partial charge in [-0.1, -0.05) is 0 Å². The molecule has 1 aliphatic heterocycles. The lowest BCUT2D eigenvalue weighted by Gasteiger charge is -2.30. The Morgan fingerprint density at radius 2 is 2.11 bits per heavy atom. The molecule has 2 aromatic heterocycles. The summed E-state index contributed by atoms with van der Waals surface area (Å²) >= 11 is 0. The zero-order valence-electron chi connectivity index (χ0n) is 15.9. The van der Waals surface area contributed by atoms with E-state index >= 15 is 0 Å². The van der Waals surface area contributed by atoms with Crippen molar-refractivity contribution in [3.8, 4) is 0 Å². The van der Waals surface area contributed by atoms with Gasteiger partial charge in [-0.05, 0) is 36.8 Å². The second kappa shape index (κ2) is 7.34. The SMILES string of the molecule is CN=C/C(=C(/C)N)c1cnc2c(c1)CN(c1ncnc3ccc(F)cc13)CC2. The topological polar surface area (TPSA) is 80.3 Å². The van der Waals surface area contributed by atoms with Crippen LogP contribution in [-0.4, -0.2) is 34.8 Å². The van der Waals surface area contributed by atoms with Gasteiger partial charge in [-0.3, -0.25) is 9.98 Å². The van der Waals surface area contributed by atoms with Crippen LogP contribution in [0.2, 0.25) is 0 Å². The van der Waals surface area contributed by atoms with E-state index in [9.17, 15) is 4.39 Å². The van der Waals surface area contributed by atoms with Crippen molar-refractivity contribution >= 4 is 28.5 Å².